The molecule has 0 spiro atoms. The van der Waals surface area contributed by atoms with Gasteiger partial charge in [-0.15, -0.1) is 11.8 Å². The number of thioether (sulfide) groups is 1. The minimum atomic E-state index is 0.276. The van der Waals surface area contributed by atoms with Gasteiger partial charge in [-0.05, 0) is 12.8 Å². The summed E-state index contributed by atoms with van der Waals surface area (Å²) >= 11 is 1.66. The van der Waals surface area contributed by atoms with Crippen molar-refractivity contribution in [2.24, 2.45) is 0 Å². The van der Waals surface area contributed by atoms with Crippen LogP contribution in [0, 0.1) is 0 Å². The summed E-state index contributed by atoms with van der Waals surface area (Å²) in [6, 6.07) is 0. The molecular formula is C7H16OS. The van der Waals surface area contributed by atoms with Crippen LogP contribution in [0.5, 0.6) is 0 Å². The maximum Gasteiger partial charge on any atom is 0.0888 e. The molecule has 0 aromatic rings. The summed E-state index contributed by atoms with van der Waals surface area (Å²) in [5.74, 6) is 0.276. The van der Waals surface area contributed by atoms with Crippen molar-refractivity contribution < 1.29 is 5.11 Å². The smallest absolute Gasteiger partial charge is 0.0888 e. The van der Waals surface area contributed by atoms with E-state index in [4.69, 9.17) is 5.11 Å². The van der Waals surface area contributed by atoms with Crippen molar-refractivity contribution in [3.63, 3.8) is 0 Å². The lowest BCUT2D eigenvalue weighted by Gasteiger charge is -2.09. The zero-order valence-corrected chi connectivity index (χ0v) is 7.08. The summed E-state index contributed by atoms with van der Waals surface area (Å²) in [7, 11) is 0. The van der Waals surface area contributed by atoms with Crippen molar-refractivity contribution in [1.82, 2.24) is 0 Å². The topological polar surface area (TPSA) is 20.2 Å². The van der Waals surface area contributed by atoms with Crippen molar-refractivity contribution in [2.75, 3.05) is 5.94 Å². The Hall–Kier alpha value is 0.310. The highest BCUT2D eigenvalue weighted by Gasteiger charge is 2.02. The van der Waals surface area contributed by atoms with Crippen molar-refractivity contribution in [3.05, 3.63) is 0 Å². The summed E-state index contributed by atoms with van der Waals surface area (Å²) in [5.41, 5.74) is 0. The van der Waals surface area contributed by atoms with Crippen molar-refractivity contribution in [3.8, 4) is 0 Å². The Morgan fingerprint density at radius 3 is 2.44 bits per heavy atom. The van der Waals surface area contributed by atoms with Crippen LogP contribution < -0.4 is 0 Å². The summed E-state index contributed by atoms with van der Waals surface area (Å²) < 4.78 is 0. The van der Waals surface area contributed by atoms with Crippen LogP contribution in [-0.4, -0.2) is 16.3 Å². The van der Waals surface area contributed by atoms with E-state index in [2.05, 4.69) is 13.8 Å². The van der Waals surface area contributed by atoms with Gasteiger partial charge in [0, 0.05) is 5.25 Å². The number of rotatable bonds is 5. The minimum absolute atomic E-state index is 0.276. The Morgan fingerprint density at radius 1 is 1.44 bits per heavy atom. The Labute approximate surface area is 61.8 Å². The summed E-state index contributed by atoms with van der Waals surface area (Å²) in [6.07, 6.45) is 3.65. The Kier molecular flexibility index (Phi) is 6.65. The first-order valence-electron chi connectivity index (χ1n) is 3.57. The molecule has 0 aromatic carbocycles. The first kappa shape index (κ1) is 9.31. The van der Waals surface area contributed by atoms with Gasteiger partial charge < -0.3 is 5.11 Å². The van der Waals surface area contributed by atoms with Crippen LogP contribution in [-0.2, 0) is 0 Å². The fraction of sp³-hybridized carbons (Fsp3) is 1.00. The van der Waals surface area contributed by atoms with Gasteiger partial charge in [-0.3, -0.25) is 0 Å². The molecule has 0 fully saturated rings. The number of hydrogen-bond donors (Lipinski definition) is 1. The van der Waals surface area contributed by atoms with Crippen molar-refractivity contribution >= 4 is 11.8 Å². The lowest BCUT2D eigenvalue weighted by molar-refractivity contribution is 0.374. The molecule has 9 heavy (non-hydrogen) atoms. The molecule has 0 rings (SSSR count). The first-order valence-corrected chi connectivity index (χ1v) is 4.62. The minimum Gasteiger partial charge on any atom is -0.386 e. The normalized spacial score (nSPS) is 13.7. The van der Waals surface area contributed by atoms with Crippen LogP contribution in [0.4, 0.5) is 0 Å². The largest absolute Gasteiger partial charge is 0.386 e. The van der Waals surface area contributed by atoms with Gasteiger partial charge in [0.2, 0.25) is 0 Å². The molecule has 1 nitrogen and oxygen atoms in total. The van der Waals surface area contributed by atoms with Gasteiger partial charge >= 0.3 is 0 Å². The molecule has 0 saturated heterocycles. The molecule has 1 unspecified atom stereocenters. The van der Waals surface area contributed by atoms with Crippen molar-refractivity contribution in [1.29, 1.82) is 0 Å². The maximum atomic E-state index is 8.56. The van der Waals surface area contributed by atoms with Crippen LogP contribution in [0.1, 0.15) is 33.1 Å². The average Bonchev–Trinajstić information content (AvgIpc) is 1.88. The van der Waals surface area contributed by atoms with Crippen LogP contribution in [0.2, 0.25) is 0 Å². The van der Waals surface area contributed by atoms with E-state index in [1.165, 1.54) is 19.3 Å². The molecule has 1 N–H and O–H groups in total. The SMILES string of the molecule is CCCC(CC)SCO. The van der Waals surface area contributed by atoms with Gasteiger partial charge in [-0.25, -0.2) is 0 Å². The highest BCUT2D eigenvalue weighted by Crippen LogP contribution is 2.17. The molecule has 0 radical (unpaired) electrons. The zero-order valence-electron chi connectivity index (χ0n) is 6.26. The van der Waals surface area contributed by atoms with E-state index < -0.39 is 0 Å². The van der Waals surface area contributed by atoms with Crippen LogP contribution >= 0.6 is 11.8 Å². The predicted octanol–water partition coefficient (Wildman–Crippen LogP) is 2.25. The molecule has 0 heterocycles. The van der Waals surface area contributed by atoms with Crippen molar-refractivity contribution in [2.45, 2.75) is 38.4 Å². The summed E-state index contributed by atoms with van der Waals surface area (Å²) in [5, 5.41) is 9.24. The lowest BCUT2D eigenvalue weighted by Crippen LogP contribution is -2.00. The monoisotopic (exact) mass is 148 g/mol. The molecule has 0 saturated carbocycles. The van der Waals surface area contributed by atoms with Crippen LogP contribution in [0.25, 0.3) is 0 Å². The first-order chi connectivity index (χ1) is 4.35. The van der Waals surface area contributed by atoms with E-state index in [0.717, 1.165) is 0 Å². The van der Waals surface area contributed by atoms with E-state index in [-0.39, 0.29) is 5.94 Å². The van der Waals surface area contributed by atoms with Gasteiger partial charge in [0.05, 0.1) is 5.94 Å². The molecule has 0 aromatic heterocycles. The third-order valence-corrected chi connectivity index (χ3v) is 2.57. The Balaban J connectivity index is 3.18. The highest BCUT2D eigenvalue weighted by atomic mass is 32.2. The van der Waals surface area contributed by atoms with Gasteiger partial charge in [0.15, 0.2) is 0 Å². The molecule has 0 amide bonds. The molecule has 2 heteroatoms. The molecule has 0 aliphatic heterocycles. The fourth-order valence-electron chi connectivity index (χ4n) is 0.833. The van der Waals surface area contributed by atoms with E-state index in [1.54, 1.807) is 11.8 Å². The predicted molar refractivity (Wildman–Crippen MR) is 43.7 cm³/mol. The molecule has 0 bridgehead atoms. The zero-order chi connectivity index (χ0) is 7.11. The molecule has 1 atom stereocenters. The Morgan fingerprint density at radius 2 is 2.11 bits per heavy atom. The van der Waals surface area contributed by atoms with Gasteiger partial charge in [-0.1, -0.05) is 20.3 Å². The van der Waals surface area contributed by atoms with E-state index >= 15 is 0 Å². The van der Waals surface area contributed by atoms with E-state index in [9.17, 15) is 0 Å². The number of aliphatic hydroxyl groups excluding tert-OH is 1. The Bertz CT molecular complexity index is 50.9. The number of hydrogen-bond acceptors (Lipinski definition) is 2. The molecular weight excluding hydrogens is 132 g/mol. The quantitative estimate of drug-likeness (QED) is 0.603. The second kappa shape index (κ2) is 6.43. The molecule has 56 valence electrons. The summed E-state index contributed by atoms with van der Waals surface area (Å²) in [6.45, 7) is 4.35. The molecule has 0 aliphatic rings. The standard InChI is InChI=1S/C7H16OS/c1-3-5-7(4-2)9-6-8/h7-8H,3-6H2,1-2H3. The fourth-order valence-corrected chi connectivity index (χ4v) is 1.68. The van der Waals surface area contributed by atoms with Crippen LogP contribution in [0.15, 0.2) is 0 Å². The third-order valence-electron chi connectivity index (χ3n) is 1.38. The highest BCUT2D eigenvalue weighted by molar-refractivity contribution is 7.99. The van der Waals surface area contributed by atoms with E-state index in [1.807, 2.05) is 0 Å². The third kappa shape index (κ3) is 4.79. The van der Waals surface area contributed by atoms with Crippen LogP contribution in [0.3, 0.4) is 0 Å². The lowest BCUT2D eigenvalue weighted by atomic mass is 10.2. The maximum absolute atomic E-state index is 8.56. The van der Waals surface area contributed by atoms with Gasteiger partial charge in [0.25, 0.3) is 0 Å². The second-order valence-electron chi connectivity index (χ2n) is 2.11. The van der Waals surface area contributed by atoms with Gasteiger partial charge in [-0.2, -0.15) is 0 Å². The average molecular weight is 148 g/mol. The van der Waals surface area contributed by atoms with Gasteiger partial charge in [0.1, 0.15) is 0 Å². The van der Waals surface area contributed by atoms with E-state index in [0.29, 0.717) is 5.25 Å². The molecule has 0 aliphatic carbocycles. The summed E-state index contributed by atoms with van der Waals surface area (Å²) in [4.78, 5) is 0. The number of aliphatic hydroxyl groups is 1. The second-order valence-corrected chi connectivity index (χ2v) is 3.37.